The van der Waals surface area contributed by atoms with Crippen molar-refractivity contribution in [1.29, 1.82) is 0 Å². The van der Waals surface area contributed by atoms with Gasteiger partial charge in [-0.25, -0.2) is 9.59 Å². The maximum absolute atomic E-state index is 12.4. The van der Waals surface area contributed by atoms with Gasteiger partial charge in [-0.2, -0.15) is 5.10 Å². The average Bonchev–Trinajstić information content (AvgIpc) is 3.09. The van der Waals surface area contributed by atoms with Gasteiger partial charge in [0, 0.05) is 7.05 Å². The largest absolute Gasteiger partial charge is 0.462 e. The number of rotatable bonds is 6. The molecule has 0 bridgehead atoms. The summed E-state index contributed by atoms with van der Waals surface area (Å²) in [6.45, 7) is 7.49. The maximum Gasteiger partial charge on any atom is 0.348 e. The van der Waals surface area contributed by atoms with E-state index in [0.717, 1.165) is 22.7 Å². The first-order valence-electron chi connectivity index (χ1n) is 8.34. The Morgan fingerprint density at radius 1 is 1.19 bits per heavy atom. The van der Waals surface area contributed by atoms with E-state index in [1.54, 1.807) is 31.6 Å². The number of anilines is 2. The number of carbonyl (C=O) groups is 2. The predicted molar refractivity (Wildman–Crippen MR) is 109 cm³/mol. The lowest BCUT2D eigenvalue weighted by Gasteiger charge is -2.10. The number of hydrogen-bond acceptors (Lipinski definition) is 7. The van der Waals surface area contributed by atoms with E-state index in [1.165, 1.54) is 0 Å². The molecular weight excluding hydrogens is 388 g/mol. The molecule has 0 unspecified atom stereocenters. The Balaban J connectivity index is 2.31. The molecule has 2 heterocycles. The van der Waals surface area contributed by atoms with E-state index in [0.29, 0.717) is 15.4 Å². The van der Waals surface area contributed by atoms with Gasteiger partial charge in [0.25, 0.3) is 0 Å². The van der Waals surface area contributed by atoms with Crippen LogP contribution in [0.1, 0.15) is 45.1 Å². The summed E-state index contributed by atoms with van der Waals surface area (Å²) in [5.74, 6) is -1.01. The summed E-state index contributed by atoms with van der Waals surface area (Å²) in [7, 11) is 1.82. The minimum absolute atomic E-state index is 0.222. The van der Waals surface area contributed by atoms with Gasteiger partial charge in [-0.3, -0.25) is 4.68 Å². The fourth-order valence-corrected chi connectivity index (χ4v) is 3.69. The van der Waals surface area contributed by atoms with Gasteiger partial charge in [0.05, 0.1) is 36.4 Å². The number of thiocarbonyl (C=S) groups is 1. The van der Waals surface area contributed by atoms with E-state index in [2.05, 4.69) is 15.7 Å². The highest BCUT2D eigenvalue weighted by molar-refractivity contribution is 7.80. The Hall–Kier alpha value is -2.46. The fourth-order valence-electron chi connectivity index (χ4n) is 2.32. The van der Waals surface area contributed by atoms with Gasteiger partial charge >= 0.3 is 11.9 Å². The smallest absolute Gasteiger partial charge is 0.348 e. The molecule has 0 spiro atoms. The van der Waals surface area contributed by atoms with Crippen LogP contribution in [0.5, 0.6) is 0 Å². The molecule has 0 aromatic carbocycles. The summed E-state index contributed by atoms with van der Waals surface area (Å²) < 4.78 is 11.9. The Morgan fingerprint density at radius 2 is 1.81 bits per heavy atom. The Kier molecular flexibility index (Phi) is 6.92. The number of hydrogen-bond donors (Lipinski definition) is 2. The lowest BCUT2D eigenvalue weighted by Crippen LogP contribution is -2.20. The Morgan fingerprint density at radius 3 is 2.37 bits per heavy atom. The number of ether oxygens (including phenoxy) is 2. The third kappa shape index (κ3) is 4.64. The van der Waals surface area contributed by atoms with Gasteiger partial charge in [-0.1, -0.05) is 0 Å². The first-order valence-corrected chi connectivity index (χ1v) is 9.56. The number of nitrogens with zero attached hydrogens (tertiary/aromatic N) is 2. The quantitative estimate of drug-likeness (QED) is 0.554. The van der Waals surface area contributed by atoms with Crippen LogP contribution in [0.3, 0.4) is 0 Å². The number of nitrogens with one attached hydrogen (secondary N) is 2. The molecule has 0 atom stereocenters. The number of carbonyl (C=O) groups excluding carboxylic acids is 2. The van der Waals surface area contributed by atoms with Crippen LogP contribution < -0.4 is 10.6 Å². The first kappa shape index (κ1) is 20.8. The van der Waals surface area contributed by atoms with Crippen molar-refractivity contribution in [1.82, 2.24) is 9.78 Å². The van der Waals surface area contributed by atoms with Crippen LogP contribution in [-0.4, -0.2) is 40.0 Å². The van der Waals surface area contributed by atoms with Gasteiger partial charge in [0.1, 0.15) is 9.88 Å². The van der Waals surface area contributed by atoms with Crippen LogP contribution in [0.4, 0.5) is 10.7 Å². The van der Waals surface area contributed by atoms with Gasteiger partial charge in [-0.15, -0.1) is 11.3 Å². The molecule has 146 valence electrons. The van der Waals surface area contributed by atoms with Gasteiger partial charge in [-0.05, 0) is 45.5 Å². The second-order valence-corrected chi connectivity index (χ2v) is 6.98. The Bertz CT molecular complexity index is 873. The topological polar surface area (TPSA) is 94.5 Å². The molecule has 2 rings (SSSR count). The van der Waals surface area contributed by atoms with Crippen molar-refractivity contribution in [2.75, 3.05) is 23.8 Å². The number of esters is 2. The number of aryl methyl sites for hydroxylation is 1. The summed E-state index contributed by atoms with van der Waals surface area (Å²) in [6.07, 6.45) is 1.65. The summed E-state index contributed by atoms with van der Waals surface area (Å²) >= 11 is 6.45. The van der Waals surface area contributed by atoms with E-state index in [4.69, 9.17) is 21.7 Å². The molecule has 2 N–H and O–H groups in total. The van der Waals surface area contributed by atoms with Crippen molar-refractivity contribution in [2.45, 2.75) is 27.7 Å². The number of aromatic nitrogens is 2. The lowest BCUT2D eigenvalue weighted by molar-refractivity contribution is 0.0527. The molecule has 10 heteroatoms. The van der Waals surface area contributed by atoms with Crippen molar-refractivity contribution in [3.8, 4) is 0 Å². The molecule has 8 nitrogen and oxygen atoms in total. The van der Waals surface area contributed by atoms with Crippen LogP contribution in [0, 0.1) is 13.8 Å². The minimum atomic E-state index is -0.523. The van der Waals surface area contributed by atoms with Crippen LogP contribution in [0.15, 0.2) is 6.20 Å². The molecule has 0 radical (unpaired) electrons. The standard InChI is InChI=1S/C17H22N4O4S2/c1-6-24-15(22)12-9(3)13(16(23)25-7-2)27-14(12)20-17(26)19-11-8-18-21(5)10(11)4/h8H,6-7H2,1-5H3,(H2,19,20,26). The second kappa shape index (κ2) is 8.96. The normalized spacial score (nSPS) is 10.4. The molecule has 2 aromatic rings. The second-order valence-electron chi connectivity index (χ2n) is 5.55. The molecule has 0 aliphatic carbocycles. The summed E-state index contributed by atoms with van der Waals surface area (Å²) in [6, 6.07) is 0. The maximum atomic E-state index is 12.4. The van der Waals surface area contributed by atoms with Gasteiger partial charge in [0.15, 0.2) is 5.11 Å². The molecule has 0 aliphatic rings. The monoisotopic (exact) mass is 410 g/mol. The van der Waals surface area contributed by atoms with Crippen molar-refractivity contribution in [3.63, 3.8) is 0 Å². The minimum Gasteiger partial charge on any atom is -0.462 e. The Labute approximate surface area is 166 Å². The van der Waals surface area contributed by atoms with Crippen molar-refractivity contribution < 1.29 is 19.1 Å². The highest BCUT2D eigenvalue weighted by Crippen LogP contribution is 2.34. The first-order chi connectivity index (χ1) is 12.8. The lowest BCUT2D eigenvalue weighted by atomic mass is 10.1. The third-order valence-corrected chi connectivity index (χ3v) is 5.19. The van der Waals surface area contributed by atoms with Crippen LogP contribution in [0.25, 0.3) is 0 Å². The zero-order chi connectivity index (χ0) is 20.1. The average molecular weight is 411 g/mol. The molecule has 0 saturated heterocycles. The summed E-state index contributed by atoms with van der Waals surface area (Å²) in [5.41, 5.74) is 2.42. The van der Waals surface area contributed by atoms with E-state index >= 15 is 0 Å². The van der Waals surface area contributed by atoms with Crippen molar-refractivity contribution >= 4 is 51.3 Å². The van der Waals surface area contributed by atoms with E-state index < -0.39 is 11.9 Å². The third-order valence-electron chi connectivity index (χ3n) is 3.80. The number of thiophene rings is 1. The zero-order valence-corrected chi connectivity index (χ0v) is 17.5. The van der Waals surface area contributed by atoms with Crippen molar-refractivity contribution in [3.05, 3.63) is 27.9 Å². The zero-order valence-electron chi connectivity index (χ0n) is 15.8. The van der Waals surface area contributed by atoms with Crippen LogP contribution >= 0.6 is 23.6 Å². The molecule has 0 aliphatic heterocycles. The molecule has 27 heavy (non-hydrogen) atoms. The molecule has 2 aromatic heterocycles. The highest BCUT2D eigenvalue weighted by atomic mass is 32.1. The predicted octanol–water partition coefficient (Wildman–Crippen LogP) is 3.26. The van der Waals surface area contributed by atoms with Gasteiger partial charge in [0.2, 0.25) is 0 Å². The van der Waals surface area contributed by atoms with E-state index in [9.17, 15) is 9.59 Å². The van der Waals surface area contributed by atoms with E-state index in [1.807, 2.05) is 14.0 Å². The summed E-state index contributed by atoms with van der Waals surface area (Å²) in [4.78, 5) is 24.9. The molecule has 0 amide bonds. The summed E-state index contributed by atoms with van der Waals surface area (Å²) in [5, 5.41) is 10.9. The van der Waals surface area contributed by atoms with Gasteiger partial charge < -0.3 is 20.1 Å². The van der Waals surface area contributed by atoms with E-state index in [-0.39, 0.29) is 23.9 Å². The molecule has 0 saturated carbocycles. The van der Waals surface area contributed by atoms with Crippen LogP contribution in [-0.2, 0) is 16.5 Å². The SMILES string of the molecule is CCOC(=O)c1sc(NC(=S)Nc2cnn(C)c2C)c(C(=O)OCC)c1C. The highest BCUT2D eigenvalue weighted by Gasteiger charge is 2.27. The molecular formula is C17H22N4O4S2. The van der Waals surface area contributed by atoms with Crippen LogP contribution in [0.2, 0.25) is 0 Å². The fraction of sp³-hybridized carbons (Fsp3) is 0.412. The molecule has 0 fully saturated rings. The van der Waals surface area contributed by atoms with Crippen molar-refractivity contribution in [2.24, 2.45) is 7.05 Å².